The van der Waals surface area contributed by atoms with Crippen LogP contribution in [0.15, 0.2) is 235 Å². The van der Waals surface area contributed by atoms with Crippen LogP contribution in [0.2, 0.25) is 0 Å². The number of hydrogen-bond acceptors (Lipinski definition) is 4. The molecule has 0 fully saturated rings. The van der Waals surface area contributed by atoms with E-state index in [9.17, 15) is 0 Å². The number of benzene rings is 10. The second-order valence-electron chi connectivity index (χ2n) is 18.0. The van der Waals surface area contributed by atoms with Crippen LogP contribution in [0.5, 0.6) is 0 Å². The van der Waals surface area contributed by atoms with E-state index in [4.69, 9.17) is 19.4 Å². The molecular weight excluding hydrogens is 857 g/mol. The van der Waals surface area contributed by atoms with Gasteiger partial charge in [-0.1, -0.05) is 164 Å². The van der Waals surface area contributed by atoms with Crippen molar-refractivity contribution in [2.75, 3.05) is 0 Å². The molecule has 0 aliphatic heterocycles. The molecule has 0 radical (unpaired) electrons. The minimum atomic E-state index is 0.514. The van der Waals surface area contributed by atoms with Crippen molar-refractivity contribution in [3.63, 3.8) is 0 Å². The molecule has 326 valence electrons. The first-order chi connectivity index (χ1) is 34.7. The maximum Gasteiger partial charge on any atom is 0.238 e. The van der Waals surface area contributed by atoms with Crippen molar-refractivity contribution in [2.45, 2.75) is 0 Å². The molecule has 5 aromatic heterocycles. The number of hydrogen-bond donors (Lipinski definition) is 0. The van der Waals surface area contributed by atoms with E-state index in [2.05, 4.69) is 208 Å². The van der Waals surface area contributed by atoms with Crippen LogP contribution < -0.4 is 0 Å². The SMILES string of the molecule is c1ccc(-c2cccc(-n3c4ccccc4c4ccc5c6cc(-n7c8ccccc8c8ccccc87)ccc6n(-c6nc(-c7ccccc7)nc(-c7ccc8c(c7)oc7ccccc78)n6)c5c43)c2)cc1. The topological polar surface area (TPSA) is 66.6 Å². The lowest BCUT2D eigenvalue weighted by Gasteiger charge is -2.14. The molecule has 7 nitrogen and oxygen atoms in total. The van der Waals surface area contributed by atoms with Gasteiger partial charge in [0.1, 0.15) is 11.2 Å². The molecule has 0 N–H and O–H groups in total. The van der Waals surface area contributed by atoms with E-state index in [1.165, 1.54) is 10.8 Å². The van der Waals surface area contributed by atoms with Gasteiger partial charge in [0.05, 0.1) is 33.1 Å². The molecule has 0 atom stereocenters. The molecule has 0 saturated carbocycles. The summed E-state index contributed by atoms with van der Waals surface area (Å²) in [5, 5.41) is 9.02. The first kappa shape index (κ1) is 38.5. The van der Waals surface area contributed by atoms with Crippen molar-refractivity contribution in [3.05, 3.63) is 231 Å². The van der Waals surface area contributed by atoms with Crippen LogP contribution in [0.1, 0.15) is 0 Å². The highest BCUT2D eigenvalue weighted by atomic mass is 16.3. The second-order valence-corrected chi connectivity index (χ2v) is 18.0. The Morgan fingerprint density at radius 2 is 0.786 bits per heavy atom. The summed E-state index contributed by atoms with van der Waals surface area (Å²) < 4.78 is 13.5. The zero-order chi connectivity index (χ0) is 45.9. The Bertz CT molecular complexity index is 4540. The van der Waals surface area contributed by atoms with Gasteiger partial charge in [-0.3, -0.25) is 4.57 Å². The van der Waals surface area contributed by atoms with E-state index in [0.29, 0.717) is 17.6 Å². The average molecular weight is 895 g/mol. The summed E-state index contributed by atoms with van der Waals surface area (Å²) in [5.74, 6) is 1.64. The molecule has 7 heteroatoms. The van der Waals surface area contributed by atoms with Crippen molar-refractivity contribution in [1.82, 2.24) is 28.7 Å². The normalized spacial score (nSPS) is 12.0. The number of rotatable bonds is 6. The van der Waals surface area contributed by atoms with E-state index >= 15 is 0 Å². The lowest BCUT2D eigenvalue weighted by molar-refractivity contribution is 0.669. The minimum Gasteiger partial charge on any atom is -0.456 e. The number of para-hydroxylation sites is 4. The standard InChI is InChI=1S/C63H38N6O/c1-3-16-39(17-4-1)41-20-15-21-43(36-41)68-55-28-13-9-24-47(55)50-33-34-51-52-38-44(67-53-26-11-7-22-45(53)46-23-8-12-27-54(46)67)31-35-56(52)69(60(51)59(50)68)63-65-61(40-18-5-2-6-19-40)64-62(66-63)42-30-32-49-48-25-10-14-29-57(48)70-58(49)37-42/h1-38H. The molecule has 70 heavy (non-hydrogen) atoms. The minimum absolute atomic E-state index is 0.514. The monoisotopic (exact) mass is 894 g/mol. The fourth-order valence-corrected chi connectivity index (χ4v) is 11.0. The molecule has 0 amide bonds. The lowest BCUT2D eigenvalue weighted by Crippen LogP contribution is -2.07. The summed E-state index contributed by atoms with van der Waals surface area (Å²) >= 11 is 0. The van der Waals surface area contributed by atoms with Crippen molar-refractivity contribution < 1.29 is 4.42 Å². The third-order valence-corrected chi connectivity index (χ3v) is 14.1. The van der Waals surface area contributed by atoms with Crippen LogP contribution in [-0.2, 0) is 0 Å². The Morgan fingerprint density at radius 3 is 1.51 bits per heavy atom. The first-order valence-corrected chi connectivity index (χ1v) is 23.6. The van der Waals surface area contributed by atoms with E-state index in [-0.39, 0.29) is 0 Å². The van der Waals surface area contributed by atoms with Crippen LogP contribution in [-0.4, -0.2) is 28.7 Å². The molecule has 10 aromatic carbocycles. The molecule has 0 aliphatic rings. The Labute approximate surface area is 400 Å². The molecule has 0 unspecified atom stereocenters. The summed E-state index contributed by atoms with van der Waals surface area (Å²) in [5.41, 5.74) is 14.2. The third kappa shape index (κ3) is 5.72. The van der Waals surface area contributed by atoms with Gasteiger partial charge in [-0.25, -0.2) is 4.98 Å². The molecule has 0 aliphatic carbocycles. The van der Waals surface area contributed by atoms with E-state index in [1.54, 1.807) is 0 Å². The molecule has 15 aromatic rings. The zero-order valence-corrected chi connectivity index (χ0v) is 37.5. The first-order valence-electron chi connectivity index (χ1n) is 23.6. The molecule has 15 rings (SSSR count). The van der Waals surface area contributed by atoms with Gasteiger partial charge in [-0.2, -0.15) is 9.97 Å². The second kappa shape index (κ2) is 15.0. The van der Waals surface area contributed by atoms with Crippen LogP contribution in [0.3, 0.4) is 0 Å². The fraction of sp³-hybridized carbons (Fsp3) is 0. The van der Waals surface area contributed by atoms with Gasteiger partial charge < -0.3 is 13.6 Å². The highest BCUT2D eigenvalue weighted by molar-refractivity contribution is 6.24. The Balaban J connectivity index is 1.07. The van der Waals surface area contributed by atoms with E-state index < -0.39 is 0 Å². The van der Waals surface area contributed by atoms with Gasteiger partial charge in [0.15, 0.2) is 11.6 Å². The number of aromatic nitrogens is 6. The van der Waals surface area contributed by atoms with E-state index in [0.717, 1.165) is 110 Å². The molecular formula is C63H38N6O. The summed E-state index contributed by atoms with van der Waals surface area (Å²) in [4.78, 5) is 16.2. The summed E-state index contributed by atoms with van der Waals surface area (Å²) in [7, 11) is 0. The van der Waals surface area contributed by atoms with Crippen molar-refractivity contribution in [1.29, 1.82) is 0 Å². The van der Waals surface area contributed by atoms with Crippen LogP contribution in [0.25, 0.3) is 139 Å². The average Bonchev–Trinajstić information content (AvgIpc) is 4.17. The van der Waals surface area contributed by atoms with Gasteiger partial charge in [0, 0.05) is 65.6 Å². The number of fused-ring (bicyclic) bond motifs is 13. The molecule has 5 heterocycles. The Kier molecular flexibility index (Phi) is 8.23. The fourth-order valence-electron chi connectivity index (χ4n) is 11.0. The largest absolute Gasteiger partial charge is 0.456 e. The maximum absolute atomic E-state index is 6.43. The number of nitrogens with zero attached hydrogens (tertiary/aromatic N) is 6. The number of furan rings is 1. The molecule has 0 bridgehead atoms. The summed E-state index contributed by atoms with van der Waals surface area (Å²) in [6.07, 6.45) is 0. The van der Waals surface area contributed by atoms with Gasteiger partial charge in [-0.15, -0.1) is 0 Å². The molecule has 0 saturated heterocycles. The third-order valence-electron chi connectivity index (χ3n) is 14.1. The maximum atomic E-state index is 6.43. The van der Waals surface area contributed by atoms with Crippen molar-refractivity contribution in [3.8, 4) is 51.2 Å². The van der Waals surface area contributed by atoms with Crippen LogP contribution in [0.4, 0.5) is 0 Å². The Morgan fingerprint density at radius 1 is 0.271 bits per heavy atom. The van der Waals surface area contributed by atoms with Gasteiger partial charge in [0.25, 0.3) is 0 Å². The highest BCUT2D eigenvalue weighted by Gasteiger charge is 2.25. The van der Waals surface area contributed by atoms with Crippen molar-refractivity contribution in [2.24, 2.45) is 0 Å². The van der Waals surface area contributed by atoms with Crippen LogP contribution in [0, 0.1) is 0 Å². The quantitative estimate of drug-likeness (QED) is 0.167. The van der Waals surface area contributed by atoms with E-state index in [1.807, 2.05) is 36.4 Å². The molecule has 0 spiro atoms. The van der Waals surface area contributed by atoms with Gasteiger partial charge in [-0.05, 0) is 77.9 Å². The highest BCUT2D eigenvalue weighted by Crippen LogP contribution is 2.44. The van der Waals surface area contributed by atoms with Crippen molar-refractivity contribution >= 4 is 87.4 Å². The summed E-state index contributed by atoms with van der Waals surface area (Å²) in [6.45, 7) is 0. The predicted molar refractivity (Wildman–Crippen MR) is 286 cm³/mol. The van der Waals surface area contributed by atoms with Gasteiger partial charge in [0.2, 0.25) is 5.95 Å². The van der Waals surface area contributed by atoms with Crippen LogP contribution >= 0.6 is 0 Å². The smallest absolute Gasteiger partial charge is 0.238 e. The Hall–Kier alpha value is -9.59. The zero-order valence-electron chi connectivity index (χ0n) is 37.5. The predicted octanol–water partition coefficient (Wildman–Crippen LogP) is 16.1. The lowest BCUT2D eigenvalue weighted by atomic mass is 10.1. The summed E-state index contributed by atoms with van der Waals surface area (Å²) in [6, 6.07) is 81.6. The van der Waals surface area contributed by atoms with Gasteiger partial charge >= 0.3 is 0 Å².